The highest BCUT2D eigenvalue weighted by atomic mass is 16.5. The lowest BCUT2D eigenvalue weighted by Gasteiger charge is -2.29. The number of nitrogens with one attached hydrogen (secondary N) is 1. The smallest absolute Gasteiger partial charge is 0.338 e. The number of cyclic esters (lactones) is 1. The normalized spacial score (nSPS) is 20.8. The van der Waals surface area contributed by atoms with Crippen molar-refractivity contribution in [3.63, 3.8) is 0 Å². The van der Waals surface area contributed by atoms with Crippen molar-refractivity contribution >= 4 is 23.7 Å². The molecule has 2 aromatic rings. The van der Waals surface area contributed by atoms with Gasteiger partial charge in [0.1, 0.15) is 6.04 Å². The van der Waals surface area contributed by atoms with E-state index in [1.165, 1.54) is 4.90 Å². The second kappa shape index (κ2) is 6.55. The van der Waals surface area contributed by atoms with Crippen LogP contribution in [0, 0.1) is 0 Å². The number of carbonyl (C=O) groups excluding carboxylic acids is 4. The molecule has 3 amide bonds. The van der Waals surface area contributed by atoms with E-state index in [4.69, 9.17) is 4.74 Å². The van der Waals surface area contributed by atoms with Crippen LogP contribution in [0.25, 0.3) is 11.1 Å². The van der Waals surface area contributed by atoms with E-state index in [0.717, 1.165) is 22.3 Å². The summed E-state index contributed by atoms with van der Waals surface area (Å²) in [6.07, 6.45) is 1.28. The quantitative estimate of drug-likeness (QED) is 0.624. The zero-order valence-corrected chi connectivity index (χ0v) is 15.6. The molecule has 29 heavy (non-hydrogen) atoms. The Kier molecular flexibility index (Phi) is 3.97. The summed E-state index contributed by atoms with van der Waals surface area (Å²) >= 11 is 0. The van der Waals surface area contributed by atoms with Crippen LogP contribution < -0.4 is 5.32 Å². The first-order chi connectivity index (χ1) is 14.0. The number of fused-ring (bicyclic) bond motifs is 2. The highest BCUT2D eigenvalue weighted by Gasteiger charge is 2.39. The van der Waals surface area contributed by atoms with E-state index < -0.39 is 11.9 Å². The molecule has 146 valence electrons. The van der Waals surface area contributed by atoms with E-state index >= 15 is 0 Å². The van der Waals surface area contributed by atoms with Crippen molar-refractivity contribution < 1.29 is 23.9 Å². The van der Waals surface area contributed by atoms with Gasteiger partial charge in [0.05, 0.1) is 12.2 Å². The average Bonchev–Trinajstić information content (AvgIpc) is 3.04. The van der Waals surface area contributed by atoms with Crippen molar-refractivity contribution in [3.05, 3.63) is 58.7 Å². The lowest BCUT2D eigenvalue weighted by atomic mass is 9.95. The van der Waals surface area contributed by atoms with Crippen molar-refractivity contribution in [2.24, 2.45) is 0 Å². The van der Waals surface area contributed by atoms with Gasteiger partial charge < -0.3 is 9.64 Å². The summed E-state index contributed by atoms with van der Waals surface area (Å²) in [4.78, 5) is 49.9. The van der Waals surface area contributed by atoms with E-state index in [9.17, 15) is 19.2 Å². The van der Waals surface area contributed by atoms with E-state index in [1.807, 2.05) is 30.3 Å². The molecule has 0 saturated carbocycles. The predicted molar refractivity (Wildman–Crippen MR) is 102 cm³/mol. The number of carbonyl (C=O) groups is 4. The number of esters is 1. The molecule has 1 unspecified atom stereocenters. The molecule has 3 aliphatic rings. The fourth-order valence-corrected chi connectivity index (χ4v) is 4.25. The maximum absolute atomic E-state index is 12.8. The first kappa shape index (κ1) is 17.6. The van der Waals surface area contributed by atoms with Gasteiger partial charge in [-0.15, -0.1) is 0 Å². The van der Waals surface area contributed by atoms with Gasteiger partial charge in [0.15, 0.2) is 0 Å². The summed E-state index contributed by atoms with van der Waals surface area (Å²) in [6.45, 7) is 0.726. The molecule has 7 heteroatoms. The first-order valence-electron chi connectivity index (χ1n) is 9.59. The minimum absolute atomic E-state index is 0.199. The summed E-state index contributed by atoms with van der Waals surface area (Å²) in [5.41, 5.74) is 4.72. The van der Waals surface area contributed by atoms with Crippen molar-refractivity contribution in [2.75, 3.05) is 6.61 Å². The largest absolute Gasteiger partial charge is 0.462 e. The van der Waals surface area contributed by atoms with E-state index in [0.29, 0.717) is 37.1 Å². The number of benzene rings is 2. The maximum Gasteiger partial charge on any atom is 0.338 e. The molecule has 3 aliphatic heterocycles. The number of amides is 3. The first-order valence-corrected chi connectivity index (χ1v) is 9.59. The molecular weight excluding hydrogens is 372 g/mol. The molecule has 0 bridgehead atoms. The zero-order valence-electron chi connectivity index (χ0n) is 15.6. The number of rotatable bonds is 2. The topological polar surface area (TPSA) is 92.8 Å². The van der Waals surface area contributed by atoms with E-state index in [1.54, 1.807) is 6.07 Å². The maximum atomic E-state index is 12.8. The van der Waals surface area contributed by atoms with Crippen LogP contribution in [0.15, 0.2) is 36.4 Å². The summed E-state index contributed by atoms with van der Waals surface area (Å²) in [7, 11) is 0. The summed E-state index contributed by atoms with van der Waals surface area (Å²) in [6, 6.07) is 10.6. The number of hydrogen-bond donors (Lipinski definition) is 1. The molecule has 3 heterocycles. The van der Waals surface area contributed by atoms with Crippen molar-refractivity contribution in [3.8, 4) is 11.1 Å². The van der Waals surface area contributed by atoms with Crippen LogP contribution in [0.2, 0.25) is 0 Å². The van der Waals surface area contributed by atoms with Crippen molar-refractivity contribution in [1.29, 1.82) is 0 Å². The summed E-state index contributed by atoms with van der Waals surface area (Å²) in [5, 5.41) is 2.31. The van der Waals surface area contributed by atoms with Gasteiger partial charge >= 0.3 is 5.97 Å². The summed E-state index contributed by atoms with van der Waals surface area (Å²) < 4.78 is 5.13. The Morgan fingerprint density at radius 3 is 2.52 bits per heavy atom. The minimum Gasteiger partial charge on any atom is -0.462 e. The fourth-order valence-electron chi connectivity index (χ4n) is 4.25. The lowest BCUT2D eigenvalue weighted by molar-refractivity contribution is -0.136. The molecule has 5 rings (SSSR count). The van der Waals surface area contributed by atoms with Crippen LogP contribution in [-0.2, 0) is 27.3 Å². The highest BCUT2D eigenvalue weighted by molar-refractivity contribution is 6.05. The van der Waals surface area contributed by atoms with Crippen LogP contribution in [0.1, 0.15) is 44.7 Å². The molecular formula is C22H18N2O5. The monoisotopic (exact) mass is 390 g/mol. The van der Waals surface area contributed by atoms with Crippen LogP contribution in [0.4, 0.5) is 0 Å². The molecule has 2 aromatic carbocycles. The Morgan fingerprint density at radius 1 is 0.897 bits per heavy atom. The Morgan fingerprint density at radius 2 is 1.69 bits per heavy atom. The van der Waals surface area contributed by atoms with Crippen LogP contribution in [0.5, 0.6) is 0 Å². The van der Waals surface area contributed by atoms with E-state index in [2.05, 4.69) is 5.32 Å². The highest BCUT2D eigenvalue weighted by Crippen LogP contribution is 2.32. The Hall–Kier alpha value is -3.48. The third-order valence-electron chi connectivity index (χ3n) is 5.79. The van der Waals surface area contributed by atoms with Crippen molar-refractivity contribution in [2.45, 2.75) is 31.8 Å². The molecule has 7 nitrogen and oxygen atoms in total. The van der Waals surface area contributed by atoms with Crippen LogP contribution >= 0.6 is 0 Å². The predicted octanol–water partition coefficient (Wildman–Crippen LogP) is 1.83. The van der Waals surface area contributed by atoms with Gasteiger partial charge in [-0.1, -0.05) is 18.2 Å². The van der Waals surface area contributed by atoms with Gasteiger partial charge in [0.25, 0.3) is 5.91 Å². The fraction of sp³-hybridized carbons (Fsp3) is 0.273. The van der Waals surface area contributed by atoms with Gasteiger partial charge in [-0.25, -0.2) is 4.79 Å². The van der Waals surface area contributed by atoms with Gasteiger partial charge in [-0.05, 0) is 46.9 Å². The molecule has 1 saturated heterocycles. The number of hydrogen-bond acceptors (Lipinski definition) is 5. The lowest BCUT2D eigenvalue weighted by Crippen LogP contribution is -2.52. The van der Waals surface area contributed by atoms with Crippen molar-refractivity contribution in [1.82, 2.24) is 10.2 Å². The van der Waals surface area contributed by atoms with Crippen LogP contribution in [0.3, 0.4) is 0 Å². The second-order valence-corrected chi connectivity index (χ2v) is 7.53. The average molecular weight is 390 g/mol. The standard InChI is InChI=1S/C22H18N2O5/c25-19-6-5-18(20(26)23-19)24-11-15-9-13(3-4-16(15)21(24)27)14-2-1-12-7-8-29-22(28)17(12)10-14/h1-4,9-10,18H,5-8,11H2,(H,23,25,26). The van der Waals surface area contributed by atoms with Gasteiger partial charge in [0, 0.05) is 24.9 Å². The SMILES string of the molecule is O=C1CCC(N2Cc3cc(-c4ccc5c(c4)C(=O)OCC5)ccc3C2=O)C(=O)N1. The molecule has 0 aromatic heterocycles. The summed E-state index contributed by atoms with van der Waals surface area (Å²) in [5.74, 6) is -1.23. The molecule has 1 fully saturated rings. The second-order valence-electron chi connectivity index (χ2n) is 7.53. The molecule has 1 atom stereocenters. The number of piperidine rings is 1. The third-order valence-corrected chi connectivity index (χ3v) is 5.79. The molecule has 0 aliphatic carbocycles. The molecule has 1 N–H and O–H groups in total. The number of ether oxygens (including phenoxy) is 1. The molecule has 0 spiro atoms. The number of imide groups is 1. The van der Waals surface area contributed by atoms with Gasteiger partial charge in [0.2, 0.25) is 11.8 Å². The zero-order chi connectivity index (χ0) is 20.1. The minimum atomic E-state index is -0.630. The van der Waals surface area contributed by atoms with Gasteiger partial charge in [-0.3, -0.25) is 19.7 Å². The number of nitrogens with zero attached hydrogens (tertiary/aromatic N) is 1. The van der Waals surface area contributed by atoms with Crippen LogP contribution in [-0.4, -0.2) is 41.2 Å². The third kappa shape index (κ3) is 2.90. The molecule has 0 radical (unpaired) electrons. The Bertz CT molecular complexity index is 1090. The Labute approximate surface area is 166 Å². The van der Waals surface area contributed by atoms with Gasteiger partial charge in [-0.2, -0.15) is 0 Å². The van der Waals surface area contributed by atoms with E-state index in [-0.39, 0.29) is 24.2 Å². The Balaban J connectivity index is 1.45.